The summed E-state index contributed by atoms with van der Waals surface area (Å²) in [6.45, 7) is 5.96. The van der Waals surface area contributed by atoms with Crippen molar-refractivity contribution >= 4 is 11.8 Å². The maximum absolute atomic E-state index is 12.2. The van der Waals surface area contributed by atoms with E-state index in [0.717, 1.165) is 16.7 Å². The molecule has 2 aromatic carbocycles. The van der Waals surface area contributed by atoms with Gasteiger partial charge in [-0.1, -0.05) is 60.2 Å². The molecule has 0 heterocycles. The molecule has 2 rings (SSSR count). The summed E-state index contributed by atoms with van der Waals surface area (Å²) in [5, 5.41) is 2.89. The predicted molar refractivity (Wildman–Crippen MR) is 95.3 cm³/mol. The number of benzene rings is 2. The van der Waals surface area contributed by atoms with Crippen LogP contribution in [0.5, 0.6) is 0 Å². The zero-order chi connectivity index (χ0) is 17.5. The molecule has 0 saturated carbocycles. The van der Waals surface area contributed by atoms with Crippen molar-refractivity contribution in [2.24, 2.45) is 0 Å². The number of rotatable bonds is 6. The lowest BCUT2D eigenvalue weighted by Crippen LogP contribution is -2.40. The van der Waals surface area contributed by atoms with Gasteiger partial charge < -0.3 is 10.2 Å². The normalized spacial score (nSPS) is 11.6. The second-order valence-electron chi connectivity index (χ2n) is 6.00. The fourth-order valence-corrected chi connectivity index (χ4v) is 2.67. The second kappa shape index (κ2) is 8.29. The average Bonchev–Trinajstić information content (AvgIpc) is 2.58. The van der Waals surface area contributed by atoms with Gasteiger partial charge in [0.15, 0.2) is 0 Å². The van der Waals surface area contributed by atoms with E-state index in [4.69, 9.17) is 0 Å². The van der Waals surface area contributed by atoms with Gasteiger partial charge in [-0.2, -0.15) is 0 Å². The van der Waals surface area contributed by atoms with Crippen molar-refractivity contribution in [1.29, 1.82) is 0 Å². The zero-order valence-corrected chi connectivity index (χ0v) is 14.5. The van der Waals surface area contributed by atoms with E-state index in [1.807, 2.05) is 68.4 Å². The van der Waals surface area contributed by atoms with Gasteiger partial charge in [-0.05, 0) is 25.0 Å². The Morgan fingerprint density at radius 1 is 1.08 bits per heavy atom. The first-order chi connectivity index (χ1) is 11.5. The fraction of sp³-hybridized carbons (Fsp3) is 0.300. The van der Waals surface area contributed by atoms with Crippen LogP contribution in [0.25, 0.3) is 0 Å². The standard InChI is InChI=1S/C20H24N2O2/c1-15-8-7-9-18(12-15)13-21-20(24)14-22(17(3)23)16(2)19-10-5-4-6-11-19/h4-12,16H,13-14H2,1-3H3,(H,21,24). The van der Waals surface area contributed by atoms with Gasteiger partial charge in [0, 0.05) is 13.5 Å². The minimum Gasteiger partial charge on any atom is -0.350 e. The van der Waals surface area contributed by atoms with Gasteiger partial charge in [0.05, 0.1) is 6.04 Å². The first kappa shape index (κ1) is 17.7. The monoisotopic (exact) mass is 324 g/mol. The van der Waals surface area contributed by atoms with Crippen molar-refractivity contribution in [2.75, 3.05) is 6.54 Å². The Balaban J connectivity index is 1.97. The number of nitrogens with one attached hydrogen (secondary N) is 1. The summed E-state index contributed by atoms with van der Waals surface area (Å²) in [5.74, 6) is -0.272. The highest BCUT2D eigenvalue weighted by Crippen LogP contribution is 2.19. The van der Waals surface area contributed by atoms with Gasteiger partial charge in [0.1, 0.15) is 6.54 Å². The van der Waals surface area contributed by atoms with Gasteiger partial charge >= 0.3 is 0 Å². The average molecular weight is 324 g/mol. The lowest BCUT2D eigenvalue weighted by atomic mass is 10.1. The van der Waals surface area contributed by atoms with Gasteiger partial charge in [0.2, 0.25) is 11.8 Å². The molecule has 0 spiro atoms. The Bertz CT molecular complexity index is 698. The highest BCUT2D eigenvalue weighted by molar-refractivity contribution is 5.84. The van der Waals surface area contributed by atoms with Gasteiger partial charge in [-0.25, -0.2) is 0 Å². The molecule has 2 amide bonds. The molecule has 0 radical (unpaired) electrons. The Kier molecular flexibility index (Phi) is 6.13. The van der Waals surface area contributed by atoms with Crippen LogP contribution in [0.15, 0.2) is 54.6 Å². The molecule has 1 atom stereocenters. The van der Waals surface area contributed by atoms with Crippen LogP contribution in [0.1, 0.15) is 36.6 Å². The molecular formula is C20H24N2O2. The van der Waals surface area contributed by atoms with Crippen molar-refractivity contribution in [3.8, 4) is 0 Å². The fourth-order valence-electron chi connectivity index (χ4n) is 2.67. The first-order valence-electron chi connectivity index (χ1n) is 8.12. The molecule has 0 aliphatic carbocycles. The third-order valence-corrected chi connectivity index (χ3v) is 4.04. The number of carbonyl (C=O) groups excluding carboxylic acids is 2. The SMILES string of the molecule is CC(=O)N(CC(=O)NCc1cccc(C)c1)C(C)c1ccccc1. The molecule has 0 aliphatic rings. The van der Waals surface area contributed by atoms with Gasteiger partial charge in [0.25, 0.3) is 0 Å². The number of nitrogens with zero attached hydrogens (tertiary/aromatic N) is 1. The molecule has 24 heavy (non-hydrogen) atoms. The Morgan fingerprint density at radius 2 is 1.79 bits per heavy atom. The van der Waals surface area contributed by atoms with Crippen LogP contribution in [0.4, 0.5) is 0 Å². The van der Waals surface area contributed by atoms with E-state index >= 15 is 0 Å². The quantitative estimate of drug-likeness (QED) is 0.887. The van der Waals surface area contributed by atoms with E-state index in [1.165, 1.54) is 6.92 Å². The number of amides is 2. The van der Waals surface area contributed by atoms with E-state index in [9.17, 15) is 9.59 Å². The van der Waals surface area contributed by atoms with Crippen molar-refractivity contribution in [3.63, 3.8) is 0 Å². The van der Waals surface area contributed by atoms with Crippen LogP contribution < -0.4 is 5.32 Å². The molecule has 0 aliphatic heterocycles. The third-order valence-electron chi connectivity index (χ3n) is 4.04. The van der Waals surface area contributed by atoms with E-state index in [1.54, 1.807) is 4.90 Å². The third kappa shape index (κ3) is 4.95. The molecule has 0 fully saturated rings. The Labute approximate surface area is 143 Å². The molecule has 4 heteroatoms. The van der Waals surface area contributed by atoms with Crippen LogP contribution in [-0.2, 0) is 16.1 Å². The summed E-state index contributed by atoms with van der Waals surface area (Å²) in [5.41, 5.74) is 3.22. The summed E-state index contributed by atoms with van der Waals surface area (Å²) in [6, 6.07) is 17.6. The summed E-state index contributed by atoms with van der Waals surface area (Å²) in [4.78, 5) is 25.8. The minimum atomic E-state index is -0.158. The summed E-state index contributed by atoms with van der Waals surface area (Å²) in [6.07, 6.45) is 0. The molecule has 0 bridgehead atoms. The Hall–Kier alpha value is -2.62. The lowest BCUT2D eigenvalue weighted by molar-refractivity contribution is -0.136. The number of hydrogen-bond acceptors (Lipinski definition) is 2. The number of hydrogen-bond donors (Lipinski definition) is 1. The lowest BCUT2D eigenvalue weighted by Gasteiger charge is -2.28. The molecule has 0 aromatic heterocycles. The summed E-state index contributed by atoms with van der Waals surface area (Å²) >= 11 is 0. The highest BCUT2D eigenvalue weighted by Gasteiger charge is 2.20. The van der Waals surface area contributed by atoms with Crippen LogP contribution in [-0.4, -0.2) is 23.3 Å². The number of aryl methyl sites for hydroxylation is 1. The van der Waals surface area contributed by atoms with Crippen LogP contribution in [0.2, 0.25) is 0 Å². The molecular weight excluding hydrogens is 300 g/mol. The van der Waals surface area contributed by atoms with Crippen LogP contribution in [0.3, 0.4) is 0 Å². The molecule has 2 aromatic rings. The molecule has 126 valence electrons. The molecule has 4 nitrogen and oxygen atoms in total. The van der Waals surface area contributed by atoms with Crippen LogP contribution >= 0.6 is 0 Å². The smallest absolute Gasteiger partial charge is 0.239 e. The first-order valence-corrected chi connectivity index (χ1v) is 8.12. The number of carbonyl (C=O) groups is 2. The van der Waals surface area contributed by atoms with E-state index in [-0.39, 0.29) is 24.4 Å². The minimum absolute atomic E-state index is 0.0528. The van der Waals surface area contributed by atoms with Gasteiger partial charge in [-0.15, -0.1) is 0 Å². The van der Waals surface area contributed by atoms with Gasteiger partial charge in [-0.3, -0.25) is 9.59 Å². The van der Waals surface area contributed by atoms with E-state index < -0.39 is 0 Å². The summed E-state index contributed by atoms with van der Waals surface area (Å²) < 4.78 is 0. The second-order valence-corrected chi connectivity index (χ2v) is 6.00. The van der Waals surface area contributed by atoms with Crippen molar-refractivity contribution in [1.82, 2.24) is 10.2 Å². The predicted octanol–water partition coefficient (Wildman–Crippen LogP) is 3.22. The van der Waals surface area contributed by atoms with E-state index in [2.05, 4.69) is 5.32 Å². The zero-order valence-electron chi connectivity index (χ0n) is 14.5. The Morgan fingerprint density at radius 3 is 2.42 bits per heavy atom. The molecule has 1 N–H and O–H groups in total. The molecule has 0 saturated heterocycles. The molecule has 1 unspecified atom stereocenters. The van der Waals surface area contributed by atoms with Crippen molar-refractivity contribution in [2.45, 2.75) is 33.4 Å². The highest BCUT2D eigenvalue weighted by atomic mass is 16.2. The topological polar surface area (TPSA) is 49.4 Å². The maximum atomic E-state index is 12.2. The van der Waals surface area contributed by atoms with Crippen LogP contribution in [0, 0.1) is 6.92 Å². The van der Waals surface area contributed by atoms with Crippen molar-refractivity contribution < 1.29 is 9.59 Å². The van der Waals surface area contributed by atoms with E-state index in [0.29, 0.717) is 6.54 Å². The maximum Gasteiger partial charge on any atom is 0.239 e. The van der Waals surface area contributed by atoms with Crippen molar-refractivity contribution in [3.05, 3.63) is 71.3 Å². The largest absolute Gasteiger partial charge is 0.350 e. The summed E-state index contributed by atoms with van der Waals surface area (Å²) in [7, 11) is 0.